The Labute approximate surface area is 125 Å². The first-order chi connectivity index (χ1) is 9.97. The number of nitrogen functional groups attached to an aromatic ring is 1. The van der Waals surface area contributed by atoms with Crippen molar-refractivity contribution in [1.82, 2.24) is 9.80 Å². The quantitative estimate of drug-likeness (QED) is 0.849. The number of hydrogen-bond acceptors (Lipinski definition) is 3. The highest BCUT2D eigenvalue weighted by atomic mass is 16.2. The lowest BCUT2D eigenvalue weighted by atomic mass is 9.95. The first kappa shape index (κ1) is 15.4. The van der Waals surface area contributed by atoms with Crippen LogP contribution in [0.15, 0.2) is 24.3 Å². The summed E-state index contributed by atoms with van der Waals surface area (Å²) in [5.74, 6) is 0.325. The standard InChI is InChI=1S/C16H23N3O2/c1-18(2)16(21)13-6-8-19(9-7-13)15(20)11-12-4-3-5-14(17)10-12/h3-5,10,13H,6-9,11,17H2,1-2H3. The summed E-state index contributed by atoms with van der Waals surface area (Å²) in [7, 11) is 3.55. The summed E-state index contributed by atoms with van der Waals surface area (Å²) in [5.41, 5.74) is 7.34. The first-order valence-corrected chi connectivity index (χ1v) is 7.30. The fourth-order valence-corrected chi connectivity index (χ4v) is 2.73. The van der Waals surface area contributed by atoms with E-state index in [0.29, 0.717) is 25.2 Å². The van der Waals surface area contributed by atoms with Gasteiger partial charge in [-0.2, -0.15) is 0 Å². The molecule has 1 saturated heterocycles. The smallest absolute Gasteiger partial charge is 0.226 e. The number of likely N-dealkylation sites (tertiary alicyclic amines) is 1. The molecular weight excluding hydrogens is 266 g/mol. The molecule has 1 aromatic carbocycles. The van der Waals surface area contributed by atoms with Crippen LogP contribution in [-0.4, -0.2) is 48.8 Å². The number of nitrogens with two attached hydrogens (primary N) is 1. The highest BCUT2D eigenvalue weighted by Crippen LogP contribution is 2.20. The molecule has 2 amide bonds. The number of amides is 2. The van der Waals surface area contributed by atoms with E-state index in [0.717, 1.165) is 18.4 Å². The van der Waals surface area contributed by atoms with E-state index in [1.165, 1.54) is 0 Å². The summed E-state index contributed by atoms with van der Waals surface area (Å²) in [5, 5.41) is 0. The third-order valence-electron chi connectivity index (χ3n) is 3.94. The zero-order chi connectivity index (χ0) is 15.4. The van der Waals surface area contributed by atoms with Crippen molar-refractivity contribution in [2.24, 2.45) is 5.92 Å². The van der Waals surface area contributed by atoms with Gasteiger partial charge in [0.25, 0.3) is 0 Å². The van der Waals surface area contributed by atoms with Crippen LogP contribution in [0.5, 0.6) is 0 Å². The molecule has 5 heteroatoms. The van der Waals surface area contributed by atoms with Gasteiger partial charge in [0.1, 0.15) is 0 Å². The van der Waals surface area contributed by atoms with Crippen molar-refractivity contribution in [2.45, 2.75) is 19.3 Å². The van der Waals surface area contributed by atoms with E-state index in [-0.39, 0.29) is 17.7 Å². The molecule has 5 nitrogen and oxygen atoms in total. The predicted molar refractivity (Wildman–Crippen MR) is 82.6 cm³/mol. The van der Waals surface area contributed by atoms with Crippen molar-refractivity contribution in [1.29, 1.82) is 0 Å². The minimum absolute atomic E-state index is 0.0522. The molecule has 114 valence electrons. The molecule has 1 heterocycles. The minimum atomic E-state index is 0.0522. The number of carbonyl (C=O) groups excluding carboxylic acids is 2. The third-order valence-corrected chi connectivity index (χ3v) is 3.94. The van der Waals surface area contributed by atoms with Crippen molar-refractivity contribution in [3.63, 3.8) is 0 Å². The highest BCUT2D eigenvalue weighted by Gasteiger charge is 2.28. The zero-order valence-corrected chi connectivity index (χ0v) is 12.7. The Morgan fingerprint density at radius 2 is 1.95 bits per heavy atom. The Balaban J connectivity index is 1.87. The average molecular weight is 289 g/mol. The second-order valence-electron chi connectivity index (χ2n) is 5.81. The van der Waals surface area contributed by atoms with E-state index in [2.05, 4.69) is 0 Å². The number of piperidine rings is 1. The minimum Gasteiger partial charge on any atom is -0.399 e. The van der Waals surface area contributed by atoms with Gasteiger partial charge in [-0.1, -0.05) is 12.1 Å². The number of benzene rings is 1. The van der Waals surface area contributed by atoms with E-state index in [4.69, 9.17) is 5.73 Å². The Kier molecular flexibility index (Phi) is 4.83. The van der Waals surface area contributed by atoms with Gasteiger partial charge in [0.05, 0.1) is 6.42 Å². The molecule has 1 fully saturated rings. The maximum atomic E-state index is 12.3. The molecular formula is C16H23N3O2. The van der Waals surface area contributed by atoms with Gasteiger partial charge in [-0.3, -0.25) is 9.59 Å². The highest BCUT2D eigenvalue weighted by molar-refractivity contribution is 5.81. The van der Waals surface area contributed by atoms with Crippen molar-refractivity contribution < 1.29 is 9.59 Å². The summed E-state index contributed by atoms with van der Waals surface area (Å²) >= 11 is 0. The van der Waals surface area contributed by atoms with Gasteiger partial charge in [-0.25, -0.2) is 0 Å². The molecule has 1 aliphatic heterocycles. The molecule has 0 aliphatic carbocycles. The van der Waals surface area contributed by atoms with Crippen molar-refractivity contribution in [2.75, 3.05) is 32.9 Å². The molecule has 0 radical (unpaired) electrons. The maximum absolute atomic E-state index is 12.3. The lowest BCUT2D eigenvalue weighted by Gasteiger charge is -2.32. The molecule has 0 aromatic heterocycles. The maximum Gasteiger partial charge on any atom is 0.226 e. The van der Waals surface area contributed by atoms with Crippen LogP contribution in [0.3, 0.4) is 0 Å². The lowest BCUT2D eigenvalue weighted by Crippen LogP contribution is -2.43. The normalized spacial score (nSPS) is 15.8. The van der Waals surface area contributed by atoms with Gasteiger partial charge >= 0.3 is 0 Å². The topological polar surface area (TPSA) is 66.6 Å². The summed E-state index contributed by atoms with van der Waals surface area (Å²) < 4.78 is 0. The first-order valence-electron chi connectivity index (χ1n) is 7.30. The van der Waals surface area contributed by atoms with Crippen LogP contribution in [0.1, 0.15) is 18.4 Å². The van der Waals surface area contributed by atoms with Crippen LogP contribution in [0.2, 0.25) is 0 Å². The number of anilines is 1. The van der Waals surface area contributed by atoms with Crippen molar-refractivity contribution >= 4 is 17.5 Å². The van der Waals surface area contributed by atoms with Gasteiger partial charge in [-0.15, -0.1) is 0 Å². The monoisotopic (exact) mass is 289 g/mol. The summed E-state index contributed by atoms with van der Waals surface area (Å²) in [6.07, 6.45) is 1.87. The molecule has 1 aliphatic rings. The fourth-order valence-electron chi connectivity index (χ4n) is 2.73. The molecule has 2 rings (SSSR count). The van der Waals surface area contributed by atoms with Gasteiger partial charge in [-0.05, 0) is 30.5 Å². The second kappa shape index (κ2) is 6.61. The number of hydrogen-bond donors (Lipinski definition) is 1. The lowest BCUT2D eigenvalue weighted by molar-refractivity contribution is -0.138. The summed E-state index contributed by atoms with van der Waals surface area (Å²) in [6, 6.07) is 7.42. The molecule has 21 heavy (non-hydrogen) atoms. The second-order valence-corrected chi connectivity index (χ2v) is 5.81. The largest absolute Gasteiger partial charge is 0.399 e. The summed E-state index contributed by atoms with van der Waals surface area (Å²) in [4.78, 5) is 27.7. The van der Waals surface area contributed by atoms with Gasteiger partial charge in [0, 0.05) is 38.8 Å². The molecule has 0 spiro atoms. The van der Waals surface area contributed by atoms with Crippen LogP contribution < -0.4 is 5.73 Å². The Bertz CT molecular complexity index is 520. The third kappa shape index (κ3) is 3.97. The van der Waals surface area contributed by atoms with Crippen LogP contribution >= 0.6 is 0 Å². The number of carbonyl (C=O) groups is 2. The van der Waals surface area contributed by atoms with Crippen molar-refractivity contribution in [3.8, 4) is 0 Å². The van der Waals surface area contributed by atoms with Crippen LogP contribution in [0.25, 0.3) is 0 Å². The van der Waals surface area contributed by atoms with E-state index >= 15 is 0 Å². The zero-order valence-electron chi connectivity index (χ0n) is 12.7. The molecule has 0 saturated carbocycles. The molecule has 2 N–H and O–H groups in total. The molecule has 0 atom stereocenters. The van der Waals surface area contributed by atoms with E-state index < -0.39 is 0 Å². The Morgan fingerprint density at radius 1 is 1.29 bits per heavy atom. The van der Waals surface area contributed by atoms with Crippen LogP contribution in [0.4, 0.5) is 5.69 Å². The number of nitrogens with zero attached hydrogens (tertiary/aromatic N) is 2. The number of rotatable bonds is 3. The molecule has 0 bridgehead atoms. The fraction of sp³-hybridized carbons (Fsp3) is 0.500. The van der Waals surface area contributed by atoms with Crippen LogP contribution in [0, 0.1) is 5.92 Å². The van der Waals surface area contributed by atoms with Gasteiger partial charge in [0.2, 0.25) is 11.8 Å². The van der Waals surface area contributed by atoms with Gasteiger partial charge in [0.15, 0.2) is 0 Å². The van der Waals surface area contributed by atoms with E-state index in [9.17, 15) is 9.59 Å². The van der Waals surface area contributed by atoms with Gasteiger partial charge < -0.3 is 15.5 Å². The van der Waals surface area contributed by atoms with E-state index in [1.807, 2.05) is 29.2 Å². The Morgan fingerprint density at radius 3 is 2.52 bits per heavy atom. The SMILES string of the molecule is CN(C)C(=O)C1CCN(C(=O)Cc2cccc(N)c2)CC1. The Hall–Kier alpha value is -2.04. The summed E-state index contributed by atoms with van der Waals surface area (Å²) in [6.45, 7) is 1.32. The van der Waals surface area contributed by atoms with Crippen LogP contribution in [-0.2, 0) is 16.0 Å². The van der Waals surface area contributed by atoms with Crippen molar-refractivity contribution in [3.05, 3.63) is 29.8 Å². The average Bonchev–Trinajstić information content (AvgIpc) is 2.46. The molecule has 1 aromatic rings. The molecule has 0 unspecified atom stereocenters. The predicted octanol–water partition coefficient (Wildman–Crippen LogP) is 1.14. The van der Waals surface area contributed by atoms with E-state index in [1.54, 1.807) is 19.0 Å².